The lowest BCUT2D eigenvalue weighted by atomic mass is 9.87. The molecular weight excluding hydrogens is 226 g/mol. The van der Waals surface area contributed by atoms with Crippen molar-refractivity contribution in [3.05, 3.63) is 11.9 Å². The maximum absolute atomic E-state index is 5.57. The van der Waals surface area contributed by atoms with Crippen LogP contribution in [0.25, 0.3) is 0 Å². The zero-order valence-electron chi connectivity index (χ0n) is 11.6. The molecule has 2 aliphatic rings. The second-order valence-corrected chi connectivity index (χ2v) is 5.88. The molecule has 1 saturated heterocycles. The summed E-state index contributed by atoms with van der Waals surface area (Å²) in [5.74, 6) is 1.72. The molecule has 100 valence electrons. The minimum absolute atomic E-state index is 0.117. The van der Waals surface area contributed by atoms with E-state index in [9.17, 15) is 0 Å². The molecule has 0 bridgehead atoms. The number of aromatic nitrogens is 2. The second-order valence-electron chi connectivity index (χ2n) is 5.88. The van der Waals surface area contributed by atoms with Crippen molar-refractivity contribution in [2.45, 2.75) is 51.1 Å². The lowest BCUT2D eigenvalue weighted by Gasteiger charge is -2.32. The SMILES string of the molecule is COc1cnn(C(C)C)c1C1(C2CC2)CCCN1. The Bertz CT molecular complexity index is 428. The van der Waals surface area contributed by atoms with Crippen molar-refractivity contribution < 1.29 is 4.74 Å². The van der Waals surface area contributed by atoms with Crippen molar-refractivity contribution in [1.82, 2.24) is 15.1 Å². The van der Waals surface area contributed by atoms with Gasteiger partial charge in [0, 0.05) is 6.04 Å². The van der Waals surface area contributed by atoms with Gasteiger partial charge in [0.25, 0.3) is 0 Å². The highest BCUT2D eigenvalue weighted by molar-refractivity contribution is 5.35. The standard InChI is InChI=1S/C14H23N3O/c1-10(2)17-13(12(18-3)9-16-17)14(11-5-6-11)7-4-8-15-14/h9-11,15H,4-8H2,1-3H3. The van der Waals surface area contributed by atoms with E-state index in [1.807, 2.05) is 6.20 Å². The molecule has 4 nitrogen and oxygen atoms in total. The third-order valence-corrected chi connectivity index (χ3v) is 4.36. The van der Waals surface area contributed by atoms with E-state index < -0.39 is 0 Å². The number of methoxy groups -OCH3 is 1. The molecular formula is C14H23N3O. The summed E-state index contributed by atoms with van der Waals surface area (Å²) in [6.07, 6.45) is 7.01. The van der Waals surface area contributed by atoms with Crippen LogP contribution >= 0.6 is 0 Å². The lowest BCUT2D eigenvalue weighted by molar-refractivity contribution is 0.282. The van der Waals surface area contributed by atoms with Gasteiger partial charge >= 0.3 is 0 Å². The zero-order valence-corrected chi connectivity index (χ0v) is 11.6. The Morgan fingerprint density at radius 2 is 2.28 bits per heavy atom. The fourth-order valence-corrected chi connectivity index (χ4v) is 3.40. The predicted octanol–water partition coefficient (Wildman–Crippen LogP) is 2.46. The minimum Gasteiger partial charge on any atom is -0.493 e. The molecule has 4 heteroatoms. The second kappa shape index (κ2) is 4.26. The topological polar surface area (TPSA) is 39.1 Å². The average molecular weight is 249 g/mol. The highest BCUT2D eigenvalue weighted by Gasteiger charge is 2.51. The highest BCUT2D eigenvalue weighted by Crippen LogP contribution is 2.52. The molecule has 0 radical (unpaired) electrons. The first-order valence-corrected chi connectivity index (χ1v) is 7.06. The third-order valence-electron chi connectivity index (χ3n) is 4.36. The molecule has 1 N–H and O–H groups in total. The molecule has 1 saturated carbocycles. The number of ether oxygens (including phenoxy) is 1. The molecule has 1 aromatic rings. The Balaban J connectivity index is 2.10. The quantitative estimate of drug-likeness (QED) is 0.891. The number of hydrogen-bond acceptors (Lipinski definition) is 3. The van der Waals surface area contributed by atoms with Crippen molar-refractivity contribution in [1.29, 1.82) is 0 Å². The van der Waals surface area contributed by atoms with Crippen LogP contribution in [0.4, 0.5) is 0 Å². The van der Waals surface area contributed by atoms with Crippen molar-refractivity contribution in [3.63, 3.8) is 0 Å². The monoisotopic (exact) mass is 249 g/mol. The maximum Gasteiger partial charge on any atom is 0.161 e. The van der Waals surface area contributed by atoms with Gasteiger partial charge in [-0.1, -0.05) is 0 Å². The first kappa shape index (κ1) is 12.0. The van der Waals surface area contributed by atoms with E-state index in [0.29, 0.717) is 6.04 Å². The fraction of sp³-hybridized carbons (Fsp3) is 0.786. The van der Waals surface area contributed by atoms with Gasteiger partial charge in [0.1, 0.15) is 5.69 Å². The van der Waals surface area contributed by atoms with Gasteiger partial charge in [-0.2, -0.15) is 5.10 Å². The van der Waals surface area contributed by atoms with E-state index in [2.05, 4.69) is 28.9 Å². The van der Waals surface area contributed by atoms with Crippen LogP contribution < -0.4 is 10.1 Å². The van der Waals surface area contributed by atoms with Crippen LogP contribution in [0, 0.1) is 5.92 Å². The molecule has 2 fully saturated rings. The van der Waals surface area contributed by atoms with Gasteiger partial charge in [0.05, 0.1) is 18.8 Å². The minimum atomic E-state index is 0.117. The van der Waals surface area contributed by atoms with Crippen LogP contribution in [0.15, 0.2) is 6.20 Å². The first-order chi connectivity index (χ1) is 8.69. The largest absolute Gasteiger partial charge is 0.493 e. The molecule has 0 aromatic carbocycles. The molecule has 18 heavy (non-hydrogen) atoms. The number of rotatable bonds is 4. The van der Waals surface area contributed by atoms with Crippen LogP contribution in [-0.2, 0) is 5.54 Å². The molecule has 1 aliphatic heterocycles. The maximum atomic E-state index is 5.57. The van der Waals surface area contributed by atoms with Crippen molar-refractivity contribution in [2.75, 3.05) is 13.7 Å². The van der Waals surface area contributed by atoms with E-state index >= 15 is 0 Å². The Kier molecular flexibility index (Phi) is 2.85. The van der Waals surface area contributed by atoms with Gasteiger partial charge in [-0.05, 0) is 52.0 Å². The fourth-order valence-electron chi connectivity index (χ4n) is 3.40. The third kappa shape index (κ3) is 1.66. The Labute approximate surface area is 109 Å². The molecule has 1 aromatic heterocycles. The summed E-state index contributed by atoms with van der Waals surface area (Å²) in [7, 11) is 1.75. The van der Waals surface area contributed by atoms with E-state index in [1.54, 1.807) is 7.11 Å². The first-order valence-electron chi connectivity index (χ1n) is 7.06. The summed E-state index contributed by atoms with van der Waals surface area (Å²) in [4.78, 5) is 0. The van der Waals surface area contributed by atoms with Crippen LogP contribution in [0.5, 0.6) is 5.75 Å². The van der Waals surface area contributed by atoms with Gasteiger partial charge in [0.2, 0.25) is 0 Å². The van der Waals surface area contributed by atoms with E-state index in [-0.39, 0.29) is 5.54 Å². The summed E-state index contributed by atoms with van der Waals surface area (Å²) < 4.78 is 7.72. The van der Waals surface area contributed by atoms with Crippen LogP contribution in [0.1, 0.15) is 51.3 Å². The smallest absolute Gasteiger partial charge is 0.161 e. The van der Waals surface area contributed by atoms with Gasteiger partial charge in [-0.3, -0.25) is 4.68 Å². The zero-order chi connectivity index (χ0) is 12.8. The Morgan fingerprint density at radius 3 is 2.78 bits per heavy atom. The molecule has 0 spiro atoms. The molecule has 3 rings (SSSR count). The lowest BCUT2D eigenvalue weighted by Crippen LogP contribution is -2.41. The van der Waals surface area contributed by atoms with Gasteiger partial charge < -0.3 is 10.1 Å². The number of nitrogens with zero attached hydrogens (tertiary/aromatic N) is 2. The summed E-state index contributed by atoms with van der Waals surface area (Å²) >= 11 is 0. The normalized spacial score (nSPS) is 28.0. The molecule has 2 heterocycles. The van der Waals surface area contributed by atoms with Gasteiger partial charge in [-0.15, -0.1) is 0 Å². The number of nitrogens with one attached hydrogen (secondary N) is 1. The molecule has 0 amide bonds. The van der Waals surface area contributed by atoms with E-state index in [1.165, 1.54) is 31.4 Å². The predicted molar refractivity (Wildman–Crippen MR) is 70.8 cm³/mol. The van der Waals surface area contributed by atoms with E-state index in [0.717, 1.165) is 18.2 Å². The van der Waals surface area contributed by atoms with Gasteiger partial charge in [-0.25, -0.2) is 0 Å². The van der Waals surface area contributed by atoms with E-state index in [4.69, 9.17) is 4.74 Å². The van der Waals surface area contributed by atoms with Crippen LogP contribution in [0.2, 0.25) is 0 Å². The van der Waals surface area contributed by atoms with Crippen molar-refractivity contribution in [3.8, 4) is 5.75 Å². The van der Waals surface area contributed by atoms with Crippen molar-refractivity contribution >= 4 is 0 Å². The Hall–Kier alpha value is -1.03. The van der Waals surface area contributed by atoms with Crippen LogP contribution in [0.3, 0.4) is 0 Å². The van der Waals surface area contributed by atoms with Gasteiger partial charge in [0.15, 0.2) is 5.75 Å². The highest BCUT2D eigenvalue weighted by atomic mass is 16.5. The molecule has 1 unspecified atom stereocenters. The summed E-state index contributed by atoms with van der Waals surface area (Å²) in [5.41, 5.74) is 1.39. The summed E-state index contributed by atoms with van der Waals surface area (Å²) in [6, 6.07) is 0.377. The van der Waals surface area contributed by atoms with Crippen LogP contribution in [-0.4, -0.2) is 23.4 Å². The molecule has 1 atom stereocenters. The number of hydrogen-bond donors (Lipinski definition) is 1. The summed E-state index contributed by atoms with van der Waals surface area (Å²) in [6.45, 7) is 5.49. The van der Waals surface area contributed by atoms with Crippen molar-refractivity contribution in [2.24, 2.45) is 5.92 Å². The summed E-state index contributed by atoms with van der Waals surface area (Å²) in [5, 5.41) is 8.30. The Morgan fingerprint density at radius 1 is 1.50 bits per heavy atom. The average Bonchev–Trinajstić information content (AvgIpc) is 2.95. The molecule has 1 aliphatic carbocycles.